The third-order valence-electron chi connectivity index (χ3n) is 3.02. The summed E-state index contributed by atoms with van der Waals surface area (Å²) in [4.78, 5) is 11.8. The summed E-state index contributed by atoms with van der Waals surface area (Å²) < 4.78 is 22.9. The number of rotatable bonds is 6. The van der Waals surface area contributed by atoms with Crippen molar-refractivity contribution in [3.63, 3.8) is 0 Å². The molecular formula is C16H19ClNO4P. The normalized spacial score (nSPS) is 15.2. The topological polar surface area (TPSA) is 64.6 Å². The molecule has 2 atom stereocenters. The lowest BCUT2D eigenvalue weighted by atomic mass is 10.1. The molecule has 7 heteroatoms. The van der Waals surface area contributed by atoms with Crippen molar-refractivity contribution in [2.45, 2.75) is 32.9 Å². The van der Waals surface area contributed by atoms with E-state index >= 15 is 0 Å². The Labute approximate surface area is 140 Å². The maximum absolute atomic E-state index is 12.5. The van der Waals surface area contributed by atoms with E-state index in [1.54, 1.807) is 26.0 Å². The van der Waals surface area contributed by atoms with E-state index in [2.05, 4.69) is 5.09 Å². The van der Waals surface area contributed by atoms with Crippen molar-refractivity contribution in [1.82, 2.24) is 5.09 Å². The summed E-state index contributed by atoms with van der Waals surface area (Å²) in [5.41, 5.74) is 0. The number of hydrogen-bond donors (Lipinski definition) is 1. The predicted octanol–water partition coefficient (Wildman–Crippen LogP) is 4.50. The average molecular weight is 356 g/mol. The second kappa shape index (κ2) is 7.35. The summed E-state index contributed by atoms with van der Waals surface area (Å²) in [7, 11) is 0. The van der Waals surface area contributed by atoms with Crippen molar-refractivity contribution < 1.29 is 18.6 Å². The Hall–Kier alpha value is -1.55. The van der Waals surface area contributed by atoms with Crippen molar-refractivity contribution in [2.24, 2.45) is 0 Å². The van der Waals surface area contributed by atoms with Gasteiger partial charge in [-0.05, 0) is 32.2 Å². The van der Waals surface area contributed by atoms with E-state index in [-0.39, 0.29) is 6.10 Å². The highest BCUT2D eigenvalue weighted by Crippen LogP contribution is 2.50. The van der Waals surface area contributed by atoms with E-state index in [4.69, 9.17) is 20.5 Å². The molecule has 124 valence electrons. The quantitative estimate of drug-likeness (QED) is 0.610. The lowest BCUT2D eigenvalue weighted by Gasteiger charge is -2.19. The van der Waals surface area contributed by atoms with Crippen LogP contribution in [0, 0.1) is 0 Å². The summed E-state index contributed by atoms with van der Waals surface area (Å²) in [6.07, 6.45) is -0.263. The number of esters is 1. The second-order valence-corrected chi connectivity index (χ2v) is 8.12. The number of halogens is 1. The minimum Gasteiger partial charge on any atom is -0.462 e. The lowest BCUT2D eigenvalue weighted by molar-refractivity contribution is -0.148. The Morgan fingerprint density at radius 2 is 1.78 bits per heavy atom. The number of fused-ring (bicyclic) bond motifs is 1. The van der Waals surface area contributed by atoms with Crippen molar-refractivity contribution in [2.75, 3.05) is 0 Å². The van der Waals surface area contributed by atoms with Gasteiger partial charge in [-0.1, -0.05) is 36.4 Å². The number of carbonyl (C=O) groups excluding carboxylic acids is 1. The zero-order chi connectivity index (χ0) is 17.0. The summed E-state index contributed by atoms with van der Waals surface area (Å²) >= 11 is 5.96. The van der Waals surface area contributed by atoms with Crippen LogP contribution in [0.1, 0.15) is 20.8 Å². The standard InChI is InChI=1S/C16H19ClNO4P/c1-11(2)21-16(19)12(3)18-23(17,20)22-15-10-6-8-13-7-4-5-9-14(13)15/h4-12H,1-3H3,(H,18,20)/t12-,23+/m0/s1. The Morgan fingerprint density at radius 1 is 1.13 bits per heavy atom. The van der Waals surface area contributed by atoms with Crippen LogP contribution in [0.5, 0.6) is 5.75 Å². The zero-order valence-electron chi connectivity index (χ0n) is 13.2. The maximum atomic E-state index is 12.5. The van der Waals surface area contributed by atoms with Gasteiger partial charge in [0, 0.05) is 16.6 Å². The molecule has 0 aliphatic carbocycles. The highest BCUT2D eigenvalue weighted by Gasteiger charge is 2.28. The molecule has 0 spiro atoms. The van der Waals surface area contributed by atoms with Crippen LogP contribution in [0.15, 0.2) is 42.5 Å². The Balaban J connectivity index is 2.14. The van der Waals surface area contributed by atoms with Crippen LogP contribution in [0.3, 0.4) is 0 Å². The summed E-state index contributed by atoms with van der Waals surface area (Å²) in [5, 5.41) is 4.22. The van der Waals surface area contributed by atoms with Crippen LogP contribution in [0.25, 0.3) is 10.8 Å². The van der Waals surface area contributed by atoms with Crippen molar-refractivity contribution >= 4 is 34.9 Å². The molecule has 0 heterocycles. The van der Waals surface area contributed by atoms with Gasteiger partial charge in [-0.2, -0.15) is 0 Å². The van der Waals surface area contributed by atoms with E-state index in [0.29, 0.717) is 5.75 Å². The average Bonchev–Trinajstić information content (AvgIpc) is 2.46. The maximum Gasteiger partial charge on any atom is 0.409 e. The molecule has 0 bridgehead atoms. The van der Waals surface area contributed by atoms with Gasteiger partial charge in [-0.25, -0.2) is 9.65 Å². The first-order chi connectivity index (χ1) is 10.8. The van der Waals surface area contributed by atoms with Crippen LogP contribution >= 0.6 is 18.1 Å². The first-order valence-corrected chi connectivity index (χ1v) is 9.77. The Bertz CT molecular complexity index is 744. The molecule has 0 fully saturated rings. The van der Waals surface area contributed by atoms with Gasteiger partial charge >= 0.3 is 12.8 Å². The fourth-order valence-corrected chi connectivity index (χ4v) is 3.74. The van der Waals surface area contributed by atoms with Crippen LogP contribution in [-0.4, -0.2) is 18.1 Å². The van der Waals surface area contributed by atoms with Crippen LogP contribution < -0.4 is 9.61 Å². The molecule has 0 aliphatic rings. The van der Waals surface area contributed by atoms with Crippen LogP contribution in [0.2, 0.25) is 0 Å². The third-order valence-corrected chi connectivity index (χ3v) is 4.65. The molecule has 0 aliphatic heterocycles. The van der Waals surface area contributed by atoms with E-state index in [1.165, 1.54) is 6.92 Å². The number of nitrogens with one attached hydrogen (secondary N) is 1. The number of benzene rings is 2. The largest absolute Gasteiger partial charge is 0.462 e. The third kappa shape index (κ3) is 4.96. The molecule has 23 heavy (non-hydrogen) atoms. The molecule has 2 aromatic rings. The fraction of sp³-hybridized carbons (Fsp3) is 0.312. The lowest BCUT2D eigenvalue weighted by Crippen LogP contribution is -2.34. The first-order valence-electron chi connectivity index (χ1n) is 7.24. The molecular weight excluding hydrogens is 337 g/mol. The molecule has 2 aromatic carbocycles. The van der Waals surface area contributed by atoms with Gasteiger partial charge in [0.05, 0.1) is 6.10 Å². The van der Waals surface area contributed by atoms with Crippen molar-refractivity contribution in [3.05, 3.63) is 42.5 Å². The van der Waals surface area contributed by atoms with E-state index in [0.717, 1.165) is 10.8 Å². The fourth-order valence-electron chi connectivity index (χ4n) is 2.05. The molecule has 0 saturated carbocycles. The smallest absolute Gasteiger partial charge is 0.409 e. The number of carbonyl (C=O) groups is 1. The molecule has 5 nitrogen and oxygen atoms in total. The minimum atomic E-state index is -3.75. The summed E-state index contributed by atoms with van der Waals surface area (Å²) in [6, 6.07) is 12.0. The number of hydrogen-bond acceptors (Lipinski definition) is 4. The van der Waals surface area contributed by atoms with Crippen molar-refractivity contribution in [3.8, 4) is 5.75 Å². The molecule has 0 saturated heterocycles. The summed E-state index contributed by atoms with van der Waals surface area (Å²) in [5.74, 6) is -0.152. The molecule has 0 unspecified atom stereocenters. The van der Waals surface area contributed by atoms with Gasteiger partial charge in [-0.3, -0.25) is 4.79 Å². The SMILES string of the molecule is CC(C)OC(=O)[C@H](C)N[P@@](=O)(Cl)Oc1cccc2ccccc12. The van der Waals surface area contributed by atoms with E-state index in [1.807, 2.05) is 30.3 Å². The van der Waals surface area contributed by atoms with Gasteiger partial charge < -0.3 is 9.26 Å². The van der Waals surface area contributed by atoms with Crippen LogP contribution in [-0.2, 0) is 14.1 Å². The van der Waals surface area contributed by atoms with Gasteiger partial charge in [0.25, 0.3) is 0 Å². The van der Waals surface area contributed by atoms with Crippen molar-refractivity contribution in [1.29, 1.82) is 0 Å². The monoisotopic (exact) mass is 355 g/mol. The molecule has 1 N–H and O–H groups in total. The number of ether oxygens (including phenoxy) is 1. The highest BCUT2D eigenvalue weighted by molar-refractivity contribution is 7.84. The zero-order valence-corrected chi connectivity index (χ0v) is 14.8. The highest BCUT2D eigenvalue weighted by atomic mass is 35.7. The van der Waals surface area contributed by atoms with Gasteiger partial charge in [0.2, 0.25) is 0 Å². The van der Waals surface area contributed by atoms with Gasteiger partial charge in [0.1, 0.15) is 11.8 Å². The van der Waals surface area contributed by atoms with Gasteiger partial charge in [-0.15, -0.1) is 0 Å². The molecule has 2 rings (SSSR count). The Kier molecular flexibility index (Phi) is 5.69. The van der Waals surface area contributed by atoms with E-state index in [9.17, 15) is 9.36 Å². The second-order valence-electron chi connectivity index (χ2n) is 5.38. The van der Waals surface area contributed by atoms with Gasteiger partial charge in [0.15, 0.2) is 0 Å². The summed E-state index contributed by atoms with van der Waals surface area (Å²) in [6.45, 7) is 1.24. The minimum absolute atomic E-state index is 0.263. The molecule has 0 aromatic heterocycles. The van der Waals surface area contributed by atoms with Crippen LogP contribution in [0.4, 0.5) is 0 Å². The predicted molar refractivity (Wildman–Crippen MR) is 91.9 cm³/mol. The van der Waals surface area contributed by atoms with E-state index < -0.39 is 18.9 Å². The molecule has 0 amide bonds. The Morgan fingerprint density at radius 3 is 2.48 bits per heavy atom. The molecule has 0 radical (unpaired) electrons. The first kappa shape index (κ1) is 17.8.